The molecule has 0 aromatic rings. The second-order valence-corrected chi connectivity index (χ2v) is 24.3. The second kappa shape index (κ2) is 48.2. The number of ether oxygens (including phenoxy) is 6. The monoisotopic (exact) mass is 1200 g/mol. The quantitative estimate of drug-likeness (QED) is 0.0204. The number of nitrogens with one attached hydrogen (secondary N) is 1. The summed E-state index contributed by atoms with van der Waals surface area (Å²) in [6, 6.07) is -0.985. The van der Waals surface area contributed by atoms with E-state index in [4.69, 9.17) is 28.4 Å². The first kappa shape index (κ1) is 76.5. The lowest BCUT2D eigenvalue weighted by molar-refractivity contribution is -0.379. The van der Waals surface area contributed by atoms with Gasteiger partial charge in [-0.3, -0.25) is 4.79 Å². The van der Waals surface area contributed by atoms with Gasteiger partial charge in [0.05, 0.1) is 38.6 Å². The van der Waals surface area contributed by atoms with Crippen LogP contribution in [-0.2, 0) is 33.2 Å². The Hall–Kier alpha value is -1.73. The van der Waals surface area contributed by atoms with Gasteiger partial charge in [-0.25, -0.2) is 0 Å². The van der Waals surface area contributed by atoms with Crippen LogP contribution in [0.15, 0.2) is 24.3 Å². The van der Waals surface area contributed by atoms with E-state index < -0.39 is 124 Å². The lowest BCUT2D eigenvalue weighted by Crippen LogP contribution is -2.66. The van der Waals surface area contributed by atoms with Gasteiger partial charge < -0.3 is 89.9 Å². The molecule has 17 unspecified atom stereocenters. The van der Waals surface area contributed by atoms with Gasteiger partial charge in [0.15, 0.2) is 18.9 Å². The molecular formula is C65H121NO18. The average molecular weight is 1200 g/mol. The molecule has 3 saturated heterocycles. The Morgan fingerprint density at radius 2 is 0.762 bits per heavy atom. The highest BCUT2D eigenvalue weighted by Crippen LogP contribution is 2.33. The van der Waals surface area contributed by atoms with E-state index in [2.05, 4.69) is 31.3 Å². The van der Waals surface area contributed by atoms with Crippen LogP contribution < -0.4 is 5.32 Å². The van der Waals surface area contributed by atoms with Gasteiger partial charge in [0.1, 0.15) is 73.2 Å². The van der Waals surface area contributed by atoms with Gasteiger partial charge >= 0.3 is 0 Å². The summed E-state index contributed by atoms with van der Waals surface area (Å²) >= 11 is 0. The Bertz CT molecular complexity index is 1630. The third-order valence-corrected chi connectivity index (χ3v) is 17.0. The molecule has 0 bridgehead atoms. The van der Waals surface area contributed by atoms with Gasteiger partial charge in [0.2, 0.25) is 5.91 Å². The van der Waals surface area contributed by atoms with Gasteiger partial charge in [-0.1, -0.05) is 237 Å². The molecule has 0 aromatic carbocycles. The standard InChI is InChI=1S/C65H121NO18/c1-3-5-7-9-11-13-15-17-18-19-20-21-22-23-24-25-26-27-28-29-31-33-35-37-39-41-43-53(71)66-48(49(70)42-40-38-36-34-32-30-16-14-12-10-8-6-4-2)47-79-63-59(77)56(74)61(51(45-68)81-63)84-65-60(78)57(75)62(52(46-69)82-65)83-64-58(76)55(73)54(72)50(44-67)80-64/h32,34,40,42,48-52,54-65,67-70,72-78H,3-31,33,35-39,41,43-47H2,1-2H3,(H,66,71)/b34-32+,42-40+. The van der Waals surface area contributed by atoms with E-state index >= 15 is 0 Å². The molecule has 0 aliphatic carbocycles. The molecule has 3 rings (SSSR count). The Balaban J connectivity index is 1.42. The fraction of sp³-hybridized carbons (Fsp3) is 0.923. The molecule has 3 heterocycles. The molecule has 0 aromatic heterocycles. The number of aliphatic hydroxyl groups excluding tert-OH is 11. The number of aliphatic hydroxyl groups is 11. The van der Waals surface area contributed by atoms with E-state index in [0.717, 1.165) is 38.5 Å². The zero-order valence-corrected chi connectivity index (χ0v) is 51.9. The SMILES string of the molecule is CCCCCCCCC/C=C/CC/C=C/C(O)C(COC1OC(CO)C(OC2OC(CO)C(OC3OC(CO)C(O)C(O)C3O)C(O)C2O)C(O)C1O)NC(=O)CCCCCCCCCCCCCCCCCCCCCCCCCCCC. The maximum absolute atomic E-state index is 13.4. The lowest BCUT2D eigenvalue weighted by Gasteiger charge is -2.48. The number of hydrogen-bond acceptors (Lipinski definition) is 18. The minimum absolute atomic E-state index is 0.240. The molecular weight excluding hydrogens is 1080 g/mol. The lowest BCUT2D eigenvalue weighted by atomic mass is 9.96. The summed E-state index contributed by atoms with van der Waals surface area (Å²) in [5, 5.41) is 120. The van der Waals surface area contributed by atoms with Crippen molar-refractivity contribution in [3.05, 3.63) is 24.3 Å². The van der Waals surface area contributed by atoms with Crippen molar-refractivity contribution in [1.82, 2.24) is 5.32 Å². The van der Waals surface area contributed by atoms with Crippen LogP contribution in [0.4, 0.5) is 0 Å². The predicted octanol–water partition coefficient (Wildman–Crippen LogP) is 7.88. The van der Waals surface area contributed by atoms with Gasteiger partial charge in [-0.15, -0.1) is 0 Å². The minimum atomic E-state index is -1.98. The molecule has 17 atom stereocenters. The van der Waals surface area contributed by atoms with Crippen molar-refractivity contribution in [2.24, 2.45) is 0 Å². The number of carbonyl (C=O) groups is 1. The summed E-state index contributed by atoms with van der Waals surface area (Å²) in [7, 11) is 0. The molecule has 3 aliphatic rings. The maximum atomic E-state index is 13.4. The number of carbonyl (C=O) groups excluding carboxylic acids is 1. The first-order valence-electron chi connectivity index (χ1n) is 33.6. The number of unbranched alkanes of at least 4 members (excludes halogenated alkanes) is 33. The van der Waals surface area contributed by atoms with Crippen LogP contribution in [0.25, 0.3) is 0 Å². The molecule has 12 N–H and O–H groups in total. The van der Waals surface area contributed by atoms with Crippen molar-refractivity contribution in [2.45, 2.75) is 356 Å². The topological polar surface area (TPSA) is 307 Å². The van der Waals surface area contributed by atoms with Crippen LogP contribution in [0.1, 0.15) is 251 Å². The van der Waals surface area contributed by atoms with Crippen molar-refractivity contribution in [3.63, 3.8) is 0 Å². The molecule has 0 saturated carbocycles. The third kappa shape index (κ3) is 30.7. The smallest absolute Gasteiger partial charge is 0.220 e. The summed E-state index contributed by atoms with van der Waals surface area (Å²) in [5.74, 6) is -0.282. The van der Waals surface area contributed by atoms with Crippen LogP contribution in [-0.4, -0.2) is 193 Å². The van der Waals surface area contributed by atoms with E-state index in [1.165, 1.54) is 180 Å². The predicted molar refractivity (Wildman–Crippen MR) is 323 cm³/mol. The Morgan fingerprint density at radius 3 is 1.19 bits per heavy atom. The van der Waals surface area contributed by atoms with Crippen molar-refractivity contribution in [3.8, 4) is 0 Å². The normalized spacial score (nSPS) is 29.3. The fourth-order valence-electron chi connectivity index (χ4n) is 11.5. The van der Waals surface area contributed by atoms with E-state index in [1.807, 2.05) is 6.08 Å². The molecule has 84 heavy (non-hydrogen) atoms. The van der Waals surface area contributed by atoms with Crippen LogP contribution in [0.2, 0.25) is 0 Å². The zero-order valence-electron chi connectivity index (χ0n) is 51.9. The van der Waals surface area contributed by atoms with E-state index in [-0.39, 0.29) is 18.9 Å². The van der Waals surface area contributed by atoms with Gasteiger partial charge in [0, 0.05) is 6.42 Å². The average Bonchev–Trinajstić information content (AvgIpc) is 3.11. The van der Waals surface area contributed by atoms with Crippen molar-refractivity contribution < 1.29 is 89.4 Å². The van der Waals surface area contributed by atoms with Gasteiger partial charge in [-0.05, 0) is 32.1 Å². The molecule has 3 fully saturated rings. The number of hydrogen-bond donors (Lipinski definition) is 12. The highest BCUT2D eigenvalue weighted by molar-refractivity contribution is 5.76. The second-order valence-electron chi connectivity index (χ2n) is 24.3. The molecule has 19 heteroatoms. The highest BCUT2D eigenvalue weighted by Gasteiger charge is 2.53. The molecule has 0 radical (unpaired) electrons. The summed E-state index contributed by atoms with van der Waals surface area (Å²) < 4.78 is 34.3. The fourth-order valence-corrected chi connectivity index (χ4v) is 11.5. The number of amides is 1. The van der Waals surface area contributed by atoms with Gasteiger partial charge in [-0.2, -0.15) is 0 Å². The van der Waals surface area contributed by atoms with Crippen molar-refractivity contribution in [2.75, 3.05) is 26.4 Å². The molecule has 494 valence electrons. The van der Waals surface area contributed by atoms with Crippen molar-refractivity contribution in [1.29, 1.82) is 0 Å². The molecule has 3 aliphatic heterocycles. The Morgan fingerprint density at radius 1 is 0.417 bits per heavy atom. The highest BCUT2D eigenvalue weighted by atomic mass is 16.8. The number of allylic oxidation sites excluding steroid dienone is 3. The first-order valence-corrected chi connectivity index (χ1v) is 33.6. The van der Waals surface area contributed by atoms with Crippen molar-refractivity contribution >= 4 is 5.91 Å². The van der Waals surface area contributed by atoms with Crippen LogP contribution in [0.5, 0.6) is 0 Å². The summed E-state index contributed by atoms with van der Waals surface area (Å²) in [4.78, 5) is 13.4. The maximum Gasteiger partial charge on any atom is 0.220 e. The third-order valence-electron chi connectivity index (χ3n) is 17.0. The van der Waals surface area contributed by atoms with E-state index in [9.17, 15) is 61.0 Å². The first-order chi connectivity index (χ1) is 40.8. The molecule has 1 amide bonds. The van der Waals surface area contributed by atoms with Gasteiger partial charge in [0.25, 0.3) is 0 Å². The van der Waals surface area contributed by atoms with Crippen LogP contribution >= 0.6 is 0 Å². The van der Waals surface area contributed by atoms with Crippen LogP contribution in [0, 0.1) is 0 Å². The molecule has 0 spiro atoms. The summed E-state index contributed by atoms with van der Waals surface area (Å²) in [5.41, 5.74) is 0. The van der Waals surface area contributed by atoms with E-state index in [1.54, 1.807) is 6.08 Å². The van der Waals surface area contributed by atoms with Crippen LogP contribution in [0.3, 0.4) is 0 Å². The summed E-state index contributed by atoms with van der Waals surface area (Å²) in [6.45, 7) is 1.72. The molecule has 19 nitrogen and oxygen atoms in total. The Kier molecular flexibility index (Phi) is 43.9. The summed E-state index contributed by atoms with van der Waals surface area (Å²) in [6.07, 6.45) is 26.1. The largest absolute Gasteiger partial charge is 0.394 e. The Labute approximate surface area is 505 Å². The van der Waals surface area contributed by atoms with E-state index in [0.29, 0.717) is 12.8 Å². The zero-order chi connectivity index (χ0) is 61.2. The minimum Gasteiger partial charge on any atom is -0.394 e. The number of rotatable bonds is 51.